The summed E-state index contributed by atoms with van der Waals surface area (Å²) in [7, 11) is 1.57. The van der Waals surface area contributed by atoms with Crippen molar-refractivity contribution in [2.45, 2.75) is 13.3 Å². The van der Waals surface area contributed by atoms with E-state index in [9.17, 15) is 4.79 Å². The highest BCUT2D eigenvalue weighted by Gasteiger charge is 1.99. The minimum atomic E-state index is -0.0438. The Kier molecular flexibility index (Phi) is 3.25. The number of nitrogens with zero attached hydrogens (tertiary/aromatic N) is 1. The molecule has 0 saturated carbocycles. The van der Waals surface area contributed by atoms with Gasteiger partial charge in [0.15, 0.2) is 0 Å². The van der Waals surface area contributed by atoms with Gasteiger partial charge < -0.3 is 10.1 Å². The average molecular weight is 180 g/mol. The van der Waals surface area contributed by atoms with Crippen LogP contribution < -0.4 is 10.1 Å². The predicted molar refractivity (Wildman–Crippen MR) is 49.7 cm³/mol. The number of carbonyl (C=O) groups excluding carboxylic acids is 1. The molecule has 0 bridgehead atoms. The standard InChI is InChI=1S/C9H12N2O2/c1-3-9(12)11-8-5-4-7(13-2)6-10-8/h4-6H,3H2,1-2H3,(H,10,11,12). The molecule has 4 heteroatoms. The van der Waals surface area contributed by atoms with Gasteiger partial charge >= 0.3 is 0 Å². The summed E-state index contributed by atoms with van der Waals surface area (Å²) < 4.78 is 4.93. The lowest BCUT2D eigenvalue weighted by Crippen LogP contribution is -2.10. The number of pyridine rings is 1. The summed E-state index contributed by atoms with van der Waals surface area (Å²) in [4.78, 5) is 14.9. The van der Waals surface area contributed by atoms with Crippen molar-refractivity contribution in [2.24, 2.45) is 0 Å². The van der Waals surface area contributed by atoms with Crippen molar-refractivity contribution in [1.82, 2.24) is 4.98 Å². The second kappa shape index (κ2) is 4.45. The SMILES string of the molecule is CCC(=O)Nc1ccc(OC)cn1. The largest absolute Gasteiger partial charge is 0.495 e. The Bertz CT molecular complexity index is 282. The van der Waals surface area contributed by atoms with Crippen LogP contribution in [0.5, 0.6) is 5.75 Å². The quantitative estimate of drug-likeness (QED) is 0.765. The van der Waals surface area contributed by atoms with Crippen LogP contribution in [0.4, 0.5) is 5.82 Å². The molecule has 0 aliphatic carbocycles. The number of carbonyl (C=O) groups is 1. The van der Waals surface area contributed by atoms with Gasteiger partial charge in [0.25, 0.3) is 0 Å². The van der Waals surface area contributed by atoms with Crippen LogP contribution in [0, 0.1) is 0 Å². The summed E-state index contributed by atoms with van der Waals surface area (Å²) in [5, 5.41) is 2.64. The van der Waals surface area contributed by atoms with E-state index in [1.807, 2.05) is 0 Å². The monoisotopic (exact) mass is 180 g/mol. The maximum Gasteiger partial charge on any atom is 0.225 e. The average Bonchev–Trinajstić information content (AvgIpc) is 2.19. The van der Waals surface area contributed by atoms with Gasteiger partial charge in [-0.05, 0) is 12.1 Å². The molecule has 4 nitrogen and oxygen atoms in total. The van der Waals surface area contributed by atoms with Crippen molar-refractivity contribution in [3.8, 4) is 5.75 Å². The smallest absolute Gasteiger partial charge is 0.225 e. The van der Waals surface area contributed by atoms with Crippen LogP contribution in [0.1, 0.15) is 13.3 Å². The molecule has 70 valence electrons. The van der Waals surface area contributed by atoms with E-state index >= 15 is 0 Å². The fourth-order valence-electron chi connectivity index (χ4n) is 0.806. The molecule has 13 heavy (non-hydrogen) atoms. The fourth-order valence-corrected chi connectivity index (χ4v) is 0.806. The number of hydrogen-bond acceptors (Lipinski definition) is 3. The van der Waals surface area contributed by atoms with Crippen molar-refractivity contribution in [3.63, 3.8) is 0 Å². The van der Waals surface area contributed by atoms with Gasteiger partial charge in [0.1, 0.15) is 11.6 Å². The van der Waals surface area contributed by atoms with E-state index < -0.39 is 0 Å². The van der Waals surface area contributed by atoms with Gasteiger partial charge in [-0.1, -0.05) is 6.92 Å². The van der Waals surface area contributed by atoms with E-state index in [2.05, 4.69) is 10.3 Å². The van der Waals surface area contributed by atoms with Crippen LogP contribution >= 0.6 is 0 Å². The minimum Gasteiger partial charge on any atom is -0.495 e. The third kappa shape index (κ3) is 2.74. The summed E-state index contributed by atoms with van der Waals surface area (Å²) in [5.41, 5.74) is 0. The number of rotatable bonds is 3. The first-order chi connectivity index (χ1) is 6.26. The molecule has 0 aromatic carbocycles. The molecule has 0 aliphatic heterocycles. The number of aromatic nitrogens is 1. The van der Waals surface area contributed by atoms with Crippen LogP contribution in [-0.4, -0.2) is 18.0 Å². The zero-order chi connectivity index (χ0) is 9.68. The first kappa shape index (κ1) is 9.51. The van der Waals surface area contributed by atoms with E-state index in [0.717, 1.165) is 0 Å². The molecule has 1 heterocycles. The van der Waals surface area contributed by atoms with Gasteiger partial charge in [0.05, 0.1) is 13.3 Å². The molecule has 1 aromatic heterocycles. The van der Waals surface area contributed by atoms with Crippen LogP contribution in [0.2, 0.25) is 0 Å². The summed E-state index contributed by atoms with van der Waals surface area (Å²) in [5.74, 6) is 1.18. The van der Waals surface area contributed by atoms with E-state index in [-0.39, 0.29) is 5.91 Å². The highest BCUT2D eigenvalue weighted by atomic mass is 16.5. The maximum absolute atomic E-state index is 11.0. The molecule has 0 atom stereocenters. The van der Waals surface area contributed by atoms with Crippen LogP contribution in [0.25, 0.3) is 0 Å². The van der Waals surface area contributed by atoms with Crippen molar-refractivity contribution in [2.75, 3.05) is 12.4 Å². The first-order valence-corrected chi connectivity index (χ1v) is 4.06. The summed E-state index contributed by atoms with van der Waals surface area (Å²) in [6.45, 7) is 1.79. The van der Waals surface area contributed by atoms with E-state index in [1.165, 1.54) is 0 Å². The van der Waals surface area contributed by atoms with Gasteiger partial charge in [0, 0.05) is 6.42 Å². The Morgan fingerprint density at radius 3 is 2.85 bits per heavy atom. The normalized spacial score (nSPS) is 9.38. The molecule has 1 amide bonds. The highest BCUT2D eigenvalue weighted by Crippen LogP contribution is 2.10. The Labute approximate surface area is 76.9 Å². The fraction of sp³-hybridized carbons (Fsp3) is 0.333. The number of nitrogens with one attached hydrogen (secondary N) is 1. The number of amides is 1. The van der Waals surface area contributed by atoms with Crippen molar-refractivity contribution < 1.29 is 9.53 Å². The molecule has 1 aromatic rings. The molecule has 1 rings (SSSR count). The van der Waals surface area contributed by atoms with E-state index in [0.29, 0.717) is 18.0 Å². The molecule has 0 unspecified atom stereocenters. The van der Waals surface area contributed by atoms with Gasteiger partial charge in [-0.3, -0.25) is 4.79 Å². The first-order valence-electron chi connectivity index (χ1n) is 4.06. The van der Waals surface area contributed by atoms with Crippen molar-refractivity contribution in [3.05, 3.63) is 18.3 Å². The van der Waals surface area contributed by atoms with Crippen LogP contribution in [-0.2, 0) is 4.79 Å². The number of anilines is 1. The van der Waals surface area contributed by atoms with Crippen molar-refractivity contribution >= 4 is 11.7 Å². The summed E-state index contributed by atoms with van der Waals surface area (Å²) >= 11 is 0. The molecule has 0 aliphatic rings. The third-order valence-electron chi connectivity index (χ3n) is 1.56. The van der Waals surface area contributed by atoms with Gasteiger partial charge in [0.2, 0.25) is 5.91 Å². The lowest BCUT2D eigenvalue weighted by molar-refractivity contribution is -0.115. The zero-order valence-corrected chi connectivity index (χ0v) is 7.70. The number of ether oxygens (including phenoxy) is 1. The topological polar surface area (TPSA) is 51.2 Å². The Morgan fingerprint density at radius 1 is 1.62 bits per heavy atom. The molecule has 0 fully saturated rings. The van der Waals surface area contributed by atoms with E-state index in [4.69, 9.17) is 4.74 Å². The Hall–Kier alpha value is -1.58. The van der Waals surface area contributed by atoms with Gasteiger partial charge in [-0.2, -0.15) is 0 Å². The maximum atomic E-state index is 11.0. The zero-order valence-electron chi connectivity index (χ0n) is 7.70. The molecular weight excluding hydrogens is 168 g/mol. The highest BCUT2D eigenvalue weighted by molar-refractivity contribution is 5.89. The lowest BCUT2D eigenvalue weighted by atomic mass is 10.4. The summed E-state index contributed by atoms with van der Waals surface area (Å²) in [6.07, 6.45) is 2.01. The number of hydrogen-bond donors (Lipinski definition) is 1. The Balaban J connectivity index is 2.64. The summed E-state index contributed by atoms with van der Waals surface area (Å²) in [6, 6.07) is 3.45. The van der Waals surface area contributed by atoms with Crippen molar-refractivity contribution in [1.29, 1.82) is 0 Å². The molecule has 1 N–H and O–H groups in total. The molecule has 0 spiro atoms. The second-order valence-corrected chi connectivity index (χ2v) is 2.48. The van der Waals surface area contributed by atoms with Gasteiger partial charge in [-0.15, -0.1) is 0 Å². The van der Waals surface area contributed by atoms with E-state index in [1.54, 1.807) is 32.4 Å². The lowest BCUT2D eigenvalue weighted by Gasteiger charge is -2.02. The molecule has 0 radical (unpaired) electrons. The second-order valence-electron chi connectivity index (χ2n) is 2.48. The third-order valence-corrected chi connectivity index (χ3v) is 1.56. The number of methoxy groups -OCH3 is 1. The van der Waals surface area contributed by atoms with Crippen LogP contribution in [0.15, 0.2) is 18.3 Å². The Morgan fingerprint density at radius 2 is 2.38 bits per heavy atom. The molecule has 0 saturated heterocycles. The molecular formula is C9H12N2O2. The van der Waals surface area contributed by atoms with Crippen LogP contribution in [0.3, 0.4) is 0 Å². The minimum absolute atomic E-state index is 0.0438. The van der Waals surface area contributed by atoms with Gasteiger partial charge in [-0.25, -0.2) is 4.98 Å². The predicted octanol–water partition coefficient (Wildman–Crippen LogP) is 1.44.